The molecule has 0 spiro atoms. The zero-order valence-corrected chi connectivity index (χ0v) is 19.8. The normalized spacial score (nSPS) is 19.9. The Morgan fingerprint density at radius 1 is 1.12 bits per heavy atom. The van der Waals surface area contributed by atoms with E-state index in [-0.39, 0.29) is 11.3 Å². The highest BCUT2D eigenvalue weighted by Gasteiger charge is 2.52. The van der Waals surface area contributed by atoms with Gasteiger partial charge >= 0.3 is 16.4 Å². The zero-order valence-electron chi connectivity index (χ0n) is 18.1. The van der Waals surface area contributed by atoms with Gasteiger partial charge in [0.05, 0.1) is 0 Å². The lowest BCUT2D eigenvalue weighted by Crippen LogP contribution is -2.68. The molecule has 34 heavy (non-hydrogen) atoms. The number of amides is 1. The molecule has 1 fully saturated rings. The minimum atomic E-state index is -4.67. The van der Waals surface area contributed by atoms with Crippen LogP contribution in [-0.2, 0) is 24.7 Å². The Labute approximate surface area is 201 Å². The fourth-order valence-electron chi connectivity index (χ4n) is 3.61. The molecule has 4 N–H and O–H groups in total. The van der Waals surface area contributed by atoms with Crippen LogP contribution in [-0.4, -0.2) is 51.5 Å². The van der Waals surface area contributed by atoms with Gasteiger partial charge in [0, 0.05) is 5.75 Å². The highest BCUT2D eigenvalue weighted by molar-refractivity contribution is 8.00. The second-order valence-electron chi connectivity index (χ2n) is 7.36. The molecule has 0 aliphatic carbocycles. The van der Waals surface area contributed by atoms with Crippen LogP contribution in [0.15, 0.2) is 84.1 Å². The molecule has 2 heterocycles. The molecule has 0 aromatic heterocycles. The van der Waals surface area contributed by atoms with Crippen molar-refractivity contribution < 1.29 is 31.8 Å². The molecule has 11 heteroatoms. The van der Waals surface area contributed by atoms with E-state index in [4.69, 9.17) is 28.0 Å². The second-order valence-corrected chi connectivity index (χ2v) is 9.36. The van der Waals surface area contributed by atoms with Gasteiger partial charge in [0.15, 0.2) is 6.10 Å². The van der Waals surface area contributed by atoms with Gasteiger partial charge in [-0.3, -0.25) is 18.8 Å². The molecule has 9 nitrogen and oxygen atoms in total. The summed E-state index contributed by atoms with van der Waals surface area (Å²) in [6.45, 7) is 1.88. The Hall–Kier alpha value is -2.96. The first-order valence-electron chi connectivity index (χ1n) is 10.2. The van der Waals surface area contributed by atoms with Crippen LogP contribution >= 0.6 is 11.8 Å². The van der Waals surface area contributed by atoms with Crippen LogP contribution in [0.1, 0.15) is 24.2 Å². The van der Waals surface area contributed by atoms with Crippen molar-refractivity contribution in [1.29, 1.82) is 0 Å². The maximum Gasteiger partial charge on any atom is 0.394 e. The van der Waals surface area contributed by atoms with E-state index in [9.17, 15) is 9.59 Å². The average molecular weight is 505 g/mol. The van der Waals surface area contributed by atoms with Crippen LogP contribution < -0.4 is 5.73 Å². The Bertz CT molecular complexity index is 1150. The van der Waals surface area contributed by atoms with E-state index in [1.807, 2.05) is 79.7 Å². The molecular formula is C23H24N2O7S2. The molecule has 4 rings (SSSR count). The van der Waals surface area contributed by atoms with Gasteiger partial charge < -0.3 is 10.5 Å². The Morgan fingerprint density at radius 2 is 1.62 bits per heavy atom. The van der Waals surface area contributed by atoms with Crippen LogP contribution in [0.5, 0.6) is 0 Å². The van der Waals surface area contributed by atoms with Gasteiger partial charge in [-0.05, 0) is 23.6 Å². The summed E-state index contributed by atoms with van der Waals surface area (Å²) in [5.41, 5.74) is 8.75. The van der Waals surface area contributed by atoms with Crippen molar-refractivity contribution in [2.45, 2.75) is 24.4 Å². The van der Waals surface area contributed by atoms with Gasteiger partial charge in [-0.15, -0.1) is 11.8 Å². The number of nitrogens with two attached hydrogens (primary N) is 1. The largest absolute Gasteiger partial charge is 0.448 e. The number of hydrogen-bond donors (Lipinski definition) is 3. The number of esters is 1. The molecule has 2 aromatic rings. The van der Waals surface area contributed by atoms with E-state index in [1.54, 1.807) is 11.8 Å². The number of carbonyl (C=O) groups is 2. The fourth-order valence-corrected chi connectivity index (χ4v) is 4.87. The number of ether oxygens (including phenoxy) is 1. The van der Waals surface area contributed by atoms with Crippen molar-refractivity contribution in [2.24, 2.45) is 5.73 Å². The third kappa shape index (κ3) is 6.13. The van der Waals surface area contributed by atoms with Gasteiger partial charge in [-0.2, -0.15) is 8.42 Å². The summed E-state index contributed by atoms with van der Waals surface area (Å²) < 4.78 is 37.6. The van der Waals surface area contributed by atoms with Gasteiger partial charge in [0.1, 0.15) is 17.1 Å². The first kappa shape index (κ1) is 25.7. The standard InChI is InChI=1S/C23H22N2O3S.H2O4S/c1-2-9-17-14-29-22-18(24)21(26)25(22)19(17)23(27)28-20(15-10-5-3-6-11-15)16-12-7-4-8-13-16;1-5(2,3)4/h2-13,18,20,22H,14,24H2,1H3;(H2,1,2,3,4)/b9-2-;/t18-,22+;/m1./s1. The summed E-state index contributed by atoms with van der Waals surface area (Å²) in [5, 5.41) is -0.217. The van der Waals surface area contributed by atoms with E-state index in [0.717, 1.165) is 16.7 Å². The smallest absolute Gasteiger partial charge is 0.394 e. The second kappa shape index (κ2) is 11.0. The number of β-lactam (4-membered cyclic amide) rings is 1. The molecule has 0 bridgehead atoms. The lowest BCUT2D eigenvalue weighted by atomic mass is 10.0. The maximum atomic E-state index is 13.3. The van der Waals surface area contributed by atoms with Crippen molar-refractivity contribution in [1.82, 2.24) is 4.90 Å². The lowest BCUT2D eigenvalue weighted by Gasteiger charge is -2.48. The molecule has 0 saturated carbocycles. The topological polar surface area (TPSA) is 147 Å². The summed E-state index contributed by atoms with van der Waals surface area (Å²) in [4.78, 5) is 27.2. The number of carbonyl (C=O) groups excluding carboxylic acids is 2. The number of thioether (sulfide) groups is 1. The predicted molar refractivity (Wildman–Crippen MR) is 128 cm³/mol. The Morgan fingerprint density at radius 3 is 2.09 bits per heavy atom. The van der Waals surface area contributed by atoms with Crippen molar-refractivity contribution in [2.75, 3.05) is 5.75 Å². The van der Waals surface area contributed by atoms with Crippen LogP contribution in [0.25, 0.3) is 0 Å². The zero-order chi connectivity index (χ0) is 24.9. The van der Waals surface area contributed by atoms with Crippen molar-refractivity contribution in [3.8, 4) is 0 Å². The first-order chi connectivity index (χ1) is 16.1. The van der Waals surface area contributed by atoms with E-state index in [2.05, 4.69) is 0 Å². The molecule has 2 atom stereocenters. The quantitative estimate of drug-likeness (QED) is 0.318. The SMILES string of the molecule is C/C=C\C1=C(C(=O)OC(c2ccccc2)c2ccccc2)N2C(=O)[C@@H](N)[C@@H]2SC1.O=S(=O)(O)O. The van der Waals surface area contributed by atoms with Gasteiger partial charge in [0.25, 0.3) is 0 Å². The average Bonchev–Trinajstić information content (AvgIpc) is 2.82. The fraction of sp³-hybridized carbons (Fsp3) is 0.217. The monoisotopic (exact) mass is 504 g/mol. The summed E-state index contributed by atoms with van der Waals surface area (Å²) in [6.07, 6.45) is 3.15. The van der Waals surface area contributed by atoms with Crippen LogP contribution in [0.4, 0.5) is 0 Å². The van der Waals surface area contributed by atoms with Gasteiger partial charge in [0.2, 0.25) is 5.91 Å². The first-order valence-corrected chi connectivity index (χ1v) is 12.6. The minimum absolute atomic E-state index is 0.217. The predicted octanol–water partition coefficient (Wildman–Crippen LogP) is 2.74. The number of fused-ring (bicyclic) bond motifs is 1. The molecule has 1 amide bonds. The molecule has 180 valence electrons. The Balaban J connectivity index is 0.000000588. The van der Waals surface area contributed by atoms with Crippen molar-refractivity contribution in [3.63, 3.8) is 0 Å². The van der Waals surface area contributed by atoms with E-state index < -0.39 is 28.5 Å². The van der Waals surface area contributed by atoms with Crippen LogP contribution in [0.3, 0.4) is 0 Å². The summed E-state index contributed by atoms with van der Waals surface area (Å²) >= 11 is 1.57. The third-order valence-electron chi connectivity index (χ3n) is 5.03. The number of benzene rings is 2. The maximum absolute atomic E-state index is 13.3. The third-order valence-corrected chi connectivity index (χ3v) is 6.35. The molecule has 1 saturated heterocycles. The van der Waals surface area contributed by atoms with Crippen molar-refractivity contribution >= 4 is 34.0 Å². The highest BCUT2D eigenvalue weighted by atomic mass is 32.3. The number of nitrogens with zero attached hydrogens (tertiary/aromatic N) is 1. The molecule has 2 aliphatic rings. The number of rotatable bonds is 5. The number of allylic oxidation sites excluding steroid dienone is 2. The summed E-state index contributed by atoms with van der Waals surface area (Å²) in [7, 11) is -4.67. The highest BCUT2D eigenvalue weighted by Crippen LogP contribution is 2.41. The molecule has 0 unspecified atom stereocenters. The van der Waals surface area contributed by atoms with E-state index in [1.165, 1.54) is 4.90 Å². The van der Waals surface area contributed by atoms with Gasteiger partial charge in [-0.25, -0.2) is 4.79 Å². The summed E-state index contributed by atoms with van der Waals surface area (Å²) in [5.74, 6) is -0.147. The molecule has 2 aliphatic heterocycles. The molecular weight excluding hydrogens is 480 g/mol. The Kier molecular flexibility index (Phi) is 8.28. The number of hydrogen-bond acceptors (Lipinski definition) is 7. The molecule has 2 aromatic carbocycles. The minimum Gasteiger partial charge on any atom is -0.448 e. The van der Waals surface area contributed by atoms with E-state index in [0.29, 0.717) is 11.4 Å². The van der Waals surface area contributed by atoms with Crippen LogP contribution in [0.2, 0.25) is 0 Å². The molecule has 0 radical (unpaired) electrons. The summed E-state index contributed by atoms with van der Waals surface area (Å²) in [6, 6.07) is 18.6. The van der Waals surface area contributed by atoms with Crippen LogP contribution in [0, 0.1) is 0 Å². The lowest BCUT2D eigenvalue weighted by molar-refractivity contribution is -0.153. The van der Waals surface area contributed by atoms with Crippen molar-refractivity contribution in [3.05, 3.63) is 95.2 Å². The van der Waals surface area contributed by atoms with Gasteiger partial charge in [-0.1, -0.05) is 72.8 Å². The van der Waals surface area contributed by atoms with E-state index >= 15 is 0 Å².